The number of rotatable bonds is 8. The number of nitrogens with zero attached hydrogens (tertiary/aromatic N) is 1. The Labute approximate surface area is 204 Å². The number of carbonyl (C=O) groups is 2. The number of amides is 1. The molecule has 180 valence electrons. The zero-order chi connectivity index (χ0) is 24.9. The molecule has 0 saturated carbocycles. The average Bonchev–Trinajstić information content (AvgIpc) is 3.17. The van der Waals surface area contributed by atoms with Crippen LogP contribution in [0.15, 0.2) is 78.4 Å². The predicted molar refractivity (Wildman–Crippen MR) is 133 cm³/mol. The van der Waals surface area contributed by atoms with Crippen LogP contribution in [0.5, 0.6) is 17.2 Å². The maximum Gasteiger partial charge on any atom is 0.300 e. The van der Waals surface area contributed by atoms with Gasteiger partial charge in [0, 0.05) is 17.3 Å². The van der Waals surface area contributed by atoms with E-state index in [-0.39, 0.29) is 11.3 Å². The summed E-state index contributed by atoms with van der Waals surface area (Å²) in [6.45, 7) is 2.52. The lowest BCUT2D eigenvalue weighted by Gasteiger charge is -2.27. The van der Waals surface area contributed by atoms with Crippen molar-refractivity contribution in [3.05, 3.63) is 89.5 Å². The molecule has 1 unspecified atom stereocenters. The third-order valence-corrected chi connectivity index (χ3v) is 5.81. The molecule has 1 aliphatic heterocycles. The van der Waals surface area contributed by atoms with Crippen LogP contribution in [0.3, 0.4) is 0 Å². The van der Waals surface area contributed by atoms with Crippen LogP contribution >= 0.6 is 0 Å². The monoisotopic (exact) mass is 473 g/mol. The molecule has 0 radical (unpaired) electrons. The van der Waals surface area contributed by atoms with Crippen molar-refractivity contribution in [2.24, 2.45) is 0 Å². The van der Waals surface area contributed by atoms with E-state index < -0.39 is 17.7 Å². The van der Waals surface area contributed by atoms with Gasteiger partial charge in [0.1, 0.15) is 23.0 Å². The molecule has 1 heterocycles. The second-order valence-corrected chi connectivity index (χ2v) is 7.96. The van der Waals surface area contributed by atoms with Crippen LogP contribution in [0.25, 0.3) is 5.76 Å². The standard InChI is InChI=1S/C28H27NO6/c1-4-16-35-19-11-9-10-18(17-19)29-25(20-12-5-7-14-22(20)33-2)24(27(31)28(29)32)26(30)21-13-6-8-15-23(21)34-3/h5-15,17,25,30H,4,16H2,1-3H3/b26-24+. The van der Waals surface area contributed by atoms with E-state index in [0.29, 0.717) is 40.7 Å². The molecule has 0 aromatic heterocycles. The fraction of sp³-hybridized carbons (Fsp3) is 0.214. The predicted octanol–water partition coefficient (Wildman–Crippen LogP) is 5.12. The van der Waals surface area contributed by atoms with Crippen LogP contribution in [0.4, 0.5) is 5.69 Å². The van der Waals surface area contributed by atoms with Gasteiger partial charge in [-0.15, -0.1) is 0 Å². The van der Waals surface area contributed by atoms with E-state index >= 15 is 0 Å². The Hall–Kier alpha value is -4.26. The topological polar surface area (TPSA) is 85.3 Å². The Morgan fingerprint density at radius 3 is 2.31 bits per heavy atom. The highest BCUT2D eigenvalue weighted by molar-refractivity contribution is 6.51. The Balaban J connectivity index is 1.96. The van der Waals surface area contributed by atoms with Crippen LogP contribution in [0.2, 0.25) is 0 Å². The van der Waals surface area contributed by atoms with E-state index in [1.807, 2.05) is 6.92 Å². The van der Waals surface area contributed by atoms with E-state index in [9.17, 15) is 14.7 Å². The molecule has 1 amide bonds. The van der Waals surface area contributed by atoms with Crippen molar-refractivity contribution >= 4 is 23.1 Å². The molecule has 7 heteroatoms. The summed E-state index contributed by atoms with van der Waals surface area (Å²) < 4.78 is 16.7. The molecule has 1 aliphatic rings. The molecule has 35 heavy (non-hydrogen) atoms. The quantitative estimate of drug-likeness (QED) is 0.278. The molecule has 0 bridgehead atoms. The summed E-state index contributed by atoms with van der Waals surface area (Å²) >= 11 is 0. The molecule has 4 rings (SSSR count). The van der Waals surface area contributed by atoms with E-state index in [0.717, 1.165) is 6.42 Å². The number of hydrogen-bond acceptors (Lipinski definition) is 6. The molecule has 0 aliphatic carbocycles. The number of hydrogen-bond donors (Lipinski definition) is 1. The van der Waals surface area contributed by atoms with E-state index in [1.54, 1.807) is 72.8 Å². The molecule has 1 fully saturated rings. The van der Waals surface area contributed by atoms with Gasteiger partial charge in [-0.05, 0) is 36.8 Å². The normalized spacial score (nSPS) is 16.9. The zero-order valence-electron chi connectivity index (χ0n) is 19.9. The summed E-state index contributed by atoms with van der Waals surface area (Å²) in [4.78, 5) is 28.2. The number of para-hydroxylation sites is 2. The Morgan fingerprint density at radius 2 is 1.60 bits per heavy atom. The molecule has 3 aromatic rings. The first-order chi connectivity index (χ1) is 17.0. The number of ether oxygens (including phenoxy) is 3. The molecule has 1 saturated heterocycles. The molecular formula is C28H27NO6. The molecule has 3 aromatic carbocycles. The fourth-order valence-electron chi connectivity index (χ4n) is 4.21. The van der Waals surface area contributed by atoms with Gasteiger partial charge in [0.05, 0.1) is 38.0 Å². The van der Waals surface area contributed by atoms with E-state index in [2.05, 4.69) is 0 Å². The minimum absolute atomic E-state index is 0.0520. The van der Waals surface area contributed by atoms with Gasteiger partial charge in [-0.2, -0.15) is 0 Å². The summed E-state index contributed by atoms with van der Waals surface area (Å²) in [5, 5.41) is 11.4. The lowest BCUT2D eigenvalue weighted by Crippen LogP contribution is -2.29. The van der Waals surface area contributed by atoms with Gasteiger partial charge in [0.25, 0.3) is 11.7 Å². The van der Waals surface area contributed by atoms with Crippen molar-refractivity contribution < 1.29 is 28.9 Å². The lowest BCUT2D eigenvalue weighted by molar-refractivity contribution is -0.132. The summed E-state index contributed by atoms with van der Waals surface area (Å²) in [6.07, 6.45) is 0.828. The van der Waals surface area contributed by atoms with Crippen LogP contribution in [0.1, 0.15) is 30.5 Å². The van der Waals surface area contributed by atoms with Crippen molar-refractivity contribution in [1.82, 2.24) is 0 Å². The van der Waals surface area contributed by atoms with Gasteiger partial charge in [0.15, 0.2) is 0 Å². The third kappa shape index (κ3) is 4.45. The van der Waals surface area contributed by atoms with Gasteiger partial charge in [-0.25, -0.2) is 0 Å². The molecule has 1 N–H and O–H groups in total. The number of ketones is 1. The number of anilines is 1. The highest BCUT2D eigenvalue weighted by Crippen LogP contribution is 2.46. The second kappa shape index (κ2) is 10.3. The minimum Gasteiger partial charge on any atom is -0.507 e. The maximum absolute atomic E-state index is 13.4. The van der Waals surface area contributed by atoms with Crippen LogP contribution in [-0.2, 0) is 9.59 Å². The summed E-state index contributed by atoms with van der Waals surface area (Å²) in [7, 11) is 2.99. The summed E-state index contributed by atoms with van der Waals surface area (Å²) in [6, 6.07) is 20.0. The number of methoxy groups -OCH3 is 2. The van der Waals surface area contributed by atoms with Gasteiger partial charge >= 0.3 is 0 Å². The SMILES string of the molecule is CCCOc1cccc(N2C(=O)C(=O)/C(=C(/O)c3ccccc3OC)C2c2ccccc2OC)c1. The van der Waals surface area contributed by atoms with Crippen molar-refractivity contribution in [3.8, 4) is 17.2 Å². The van der Waals surface area contributed by atoms with Crippen molar-refractivity contribution in [3.63, 3.8) is 0 Å². The van der Waals surface area contributed by atoms with Crippen LogP contribution in [-0.4, -0.2) is 37.6 Å². The first-order valence-electron chi connectivity index (χ1n) is 11.3. The van der Waals surface area contributed by atoms with Crippen LogP contribution in [0, 0.1) is 0 Å². The Bertz CT molecular complexity index is 1280. The Morgan fingerprint density at radius 1 is 0.914 bits per heavy atom. The zero-order valence-corrected chi connectivity index (χ0v) is 19.9. The van der Waals surface area contributed by atoms with Gasteiger partial charge in [0.2, 0.25) is 0 Å². The largest absolute Gasteiger partial charge is 0.507 e. The van der Waals surface area contributed by atoms with E-state index in [4.69, 9.17) is 14.2 Å². The first kappa shape index (κ1) is 23.9. The lowest BCUT2D eigenvalue weighted by atomic mass is 9.94. The van der Waals surface area contributed by atoms with Crippen molar-refractivity contribution in [2.75, 3.05) is 25.7 Å². The summed E-state index contributed by atoms with van der Waals surface area (Å²) in [5.74, 6) is -0.444. The second-order valence-electron chi connectivity index (χ2n) is 7.96. The first-order valence-corrected chi connectivity index (χ1v) is 11.3. The average molecular weight is 474 g/mol. The molecule has 1 atom stereocenters. The van der Waals surface area contributed by atoms with Crippen LogP contribution < -0.4 is 19.1 Å². The highest BCUT2D eigenvalue weighted by atomic mass is 16.5. The third-order valence-electron chi connectivity index (χ3n) is 5.81. The Kier molecular flexibility index (Phi) is 7.06. The molecular weight excluding hydrogens is 446 g/mol. The number of aliphatic hydroxyl groups is 1. The summed E-state index contributed by atoms with van der Waals surface area (Å²) in [5.41, 5.74) is 1.29. The maximum atomic E-state index is 13.4. The molecule has 0 spiro atoms. The van der Waals surface area contributed by atoms with Gasteiger partial charge < -0.3 is 19.3 Å². The molecule has 7 nitrogen and oxygen atoms in total. The number of aliphatic hydroxyl groups excluding tert-OH is 1. The highest BCUT2D eigenvalue weighted by Gasteiger charge is 2.48. The number of carbonyl (C=O) groups excluding carboxylic acids is 2. The smallest absolute Gasteiger partial charge is 0.300 e. The minimum atomic E-state index is -0.933. The van der Waals surface area contributed by atoms with Gasteiger partial charge in [-0.3, -0.25) is 14.5 Å². The number of Topliss-reactive ketones (excluding diaryl/α,β-unsaturated/α-hetero) is 1. The van der Waals surface area contributed by atoms with Crippen molar-refractivity contribution in [2.45, 2.75) is 19.4 Å². The van der Waals surface area contributed by atoms with Crippen molar-refractivity contribution in [1.29, 1.82) is 0 Å². The fourth-order valence-corrected chi connectivity index (χ4v) is 4.21. The number of benzene rings is 3. The van der Waals surface area contributed by atoms with Gasteiger partial charge in [-0.1, -0.05) is 43.3 Å². The van der Waals surface area contributed by atoms with E-state index in [1.165, 1.54) is 19.1 Å².